The molecular formula is C14H15F2N3O. The zero-order chi connectivity index (χ0) is 14.3. The third kappa shape index (κ3) is 1.91. The molecule has 20 heavy (non-hydrogen) atoms. The molecule has 0 aliphatic carbocycles. The summed E-state index contributed by atoms with van der Waals surface area (Å²) in [6.07, 6.45) is 2.99. The molecule has 1 saturated heterocycles. The molecule has 0 radical (unpaired) electrons. The summed E-state index contributed by atoms with van der Waals surface area (Å²) < 4.78 is 34.7. The number of nitrogens with zero attached hydrogens (tertiary/aromatic N) is 3. The SMILES string of the molecule is CC1O[C@@](Cn2cncn2)(c2ccc(F)cc2F)C1C. The predicted octanol–water partition coefficient (Wildman–Crippen LogP) is 2.51. The van der Waals surface area contributed by atoms with E-state index < -0.39 is 17.2 Å². The second-order valence-electron chi connectivity index (χ2n) is 5.22. The summed E-state index contributed by atoms with van der Waals surface area (Å²) in [6, 6.07) is 3.59. The summed E-state index contributed by atoms with van der Waals surface area (Å²) in [6.45, 7) is 4.28. The lowest BCUT2D eigenvalue weighted by Gasteiger charge is -2.52. The molecule has 1 aromatic heterocycles. The standard InChI is InChI=1S/C14H15F2N3O/c1-9-10(2)20-14(9,6-19-8-17-7-18-19)12-4-3-11(15)5-13(12)16/h3-5,7-10H,6H2,1-2H3/t9?,10?,14-/m1/s1. The Morgan fingerprint density at radius 3 is 2.70 bits per heavy atom. The molecule has 0 spiro atoms. The van der Waals surface area contributed by atoms with Gasteiger partial charge in [0.05, 0.1) is 12.6 Å². The van der Waals surface area contributed by atoms with Crippen LogP contribution in [0.25, 0.3) is 0 Å². The van der Waals surface area contributed by atoms with Crippen molar-refractivity contribution in [3.8, 4) is 0 Å². The van der Waals surface area contributed by atoms with Gasteiger partial charge in [0, 0.05) is 17.5 Å². The minimum atomic E-state index is -0.828. The van der Waals surface area contributed by atoms with Gasteiger partial charge in [0.1, 0.15) is 29.9 Å². The first-order valence-corrected chi connectivity index (χ1v) is 6.49. The van der Waals surface area contributed by atoms with Crippen molar-refractivity contribution in [3.05, 3.63) is 48.1 Å². The summed E-state index contributed by atoms with van der Waals surface area (Å²) >= 11 is 0. The molecular weight excluding hydrogens is 264 g/mol. The van der Waals surface area contributed by atoms with Gasteiger partial charge in [-0.15, -0.1) is 0 Å². The maximum atomic E-state index is 14.1. The molecule has 0 bridgehead atoms. The monoisotopic (exact) mass is 279 g/mol. The fourth-order valence-corrected chi connectivity index (χ4v) is 2.81. The van der Waals surface area contributed by atoms with Crippen LogP contribution in [0.1, 0.15) is 19.4 Å². The Morgan fingerprint density at radius 1 is 1.35 bits per heavy atom. The fourth-order valence-electron chi connectivity index (χ4n) is 2.81. The van der Waals surface area contributed by atoms with Gasteiger partial charge in [0.15, 0.2) is 0 Å². The molecule has 0 saturated carbocycles. The Kier molecular flexibility index (Phi) is 3.05. The topological polar surface area (TPSA) is 39.9 Å². The summed E-state index contributed by atoms with van der Waals surface area (Å²) in [7, 11) is 0. The largest absolute Gasteiger partial charge is 0.364 e. The van der Waals surface area contributed by atoms with Crippen LogP contribution < -0.4 is 0 Å². The van der Waals surface area contributed by atoms with Crippen LogP contribution in [-0.4, -0.2) is 20.9 Å². The third-order valence-corrected chi connectivity index (χ3v) is 4.09. The highest BCUT2D eigenvalue weighted by Gasteiger charge is 2.53. The summed E-state index contributed by atoms with van der Waals surface area (Å²) in [4.78, 5) is 3.88. The van der Waals surface area contributed by atoms with E-state index in [9.17, 15) is 8.78 Å². The molecule has 6 heteroatoms. The van der Waals surface area contributed by atoms with Gasteiger partial charge in [-0.1, -0.05) is 13.0 Å². The molecule has 3 rings (SSSR count). The van der Waals surface area contributed by atoms with Crippen molar-refractivity contribution in [1.29, 1.82) is 0 Å². The highest BCUT2D eigenvalue weighted by molar-refractivity contribution is 5.29. The first-order chi connectivity index (χ1) is 9.53. The van der Waals surface area contributed by atoms with Crippen LogP contribution in [0.2, 0.25) is 0 Å². The Hall–Kier alpha value is -1.82. The van der Waals surface area contributed by atoms with Crippen molar-refractivity contribution >= 4 is 0 Å². The van der Waals surface area contributed by atoms with Gasteiger partial charge in [-0.2, -0.15) is 5.10 Å². The number of benzene rings is 1. The van der Waals surface area contributed by atoms with E-state index in [1.54, 1.807) is 11.0 Å². The van der Waals surface area contributed by atoms with E-state index >= 15 is 0 Å². The van der Waals surface area contributed by atoms with E-state index in [0.717, 1.165) is 6.07 Å². The van der Waals surface area contributed by atoms with Crippen molar-refractivity contribution in [1.82, 2.24) is 14.8 Å². The first-order valence-electron chi connectivity index (χ1n) is 6.49. The van der Waals surface area contributed by atoms with Crippen LogP contribution in [-0.2, 0) is 16.9 Å². The molecule has 1 aliphatic rings. The fraction of sp³-hybridized carbons (Fsp3) is 0.429. The summed E-state index contributed by atoms with van der Waals surface area (Å²) in [5, 5.41) is 4.04. The van der Waals surface area contributed by atoms with E-state index in [2.05, 4.69) is 10.1 Å². The van der Waals surface area contributed by atoms with Crippen LogP contribution in [0, 0.1) is 17.6 Å². The minimum absolute atomic E-state index is 0.0166. The molecule has 2 unspecified atom stereocenters. The van der Waals surface area contributed by atoms with E-state index in [4.69, 9.17) is 4.74 Å². The minimum Gasteiger partial charge on any atom is -0.364 e. The summed E-state index contributed by atoms with van der Waals surface area (Å²) in [5.41, 5.74) is -0.467. The van der Waals surface area contributed by atoms with Gasteiger partial charge >= 0.3 is 0 Å². The van der Waals surface area contributed by atoms with Crippen LogP contribution in [0.3, 0.4) is 0 Å². The highest BCUT2D eigenvalue weighted by atomic mass is 19.1. The molecule has 2 aromatic rings. The molecule has 3 atom stereocenters. The van der Waals surface area contributed by atoms with E-state index in [1.165, 1.54) is 18.5 Å². The Morgan fingerprint density at radius 2 is 2.15 bits per heavy atom. The molecule has 106 valence electrons. The number of aromatic nitrogens is 3. The maximum Gasteiger partial charge on any atom is 0.137 e. The Bertz CT molecular complexity index is 617. The van der Waals surface area contributed by atoms with Gasteiger partial charge in [-0.05, 0) is 13.0 Å². The summed E-state index contributed by atoms with van der Waals surface area (Å²) in [5.74, 6) is -1.10. The number of halogens is 2. The average molecular weight is 279 g/mol. The average Bonchev–Trinajstić information content (AvgIpc) is 2.90. The highest BCUT2D eigenvalue weighted by Crippen LogP contribution is 2.48. The van der Waals surface area contributed by atoms with Crippen LogP contribution in [0.4, 0.5) is 8.78 Å². The Labute approximate surface area is 115 Å². The lowest BCUT2D eigenvalue weighted by molar-refractivity contribution is -0.265. The van der Waals surface area contributed by atoms with E-state index in [0.29, 0.717) is 12.1 Å². The first kappa shape index (κ1) is 13.2. The van der Waals surface area contributed by atoms with E-state index in [1.807, 2.05) is 13.8 Å². The van der Waals surface area contributed by atoms with Crippen molar-refractivity contribution in [2.75, 3.05) is 0 Å². The third-order valence-electron chi connectivity index (χ3n) is 4.09. The maximum absolute atomic E-state index is 14.1. The van der Waals surface area contributed by atoms with Gasteiger partial charge in [-0.3, -0.25) is 0 Å². The van der Waals surface area contributed by atoms with Gasteiger partial charge in [0.25, 0.3) is 0 Å². The molecule has 1 aliphatic heterocycles. The lowest BCUT2D eigenvalue weighted by Crippen LogP contribution is -2.57. The van der Waals surface area contributed by atoms with Crippen molar-refractivity contribution in [3.63, 3.8) is 0 Å². The molecule has 0 amide bonds. The number of ether oxygens (including phenoxy) is 1. The van der Waals surface area contributed by atoms with Crippen molar-refractivity contribution in [2.24, 2.45) is 5.92 Å². The van der Waals surface area contributed by atoms with Gasteiger partial charge < -0.3 is 4.74 Å². The van der Waals surface area contributed by atoms with Crippen LogP contribution >= 0.6 is 0 Å². The quantitative estimate of drug-likeness (QED) is 0.866. The molecule has 2 heterocycles. The number of hydrogen-bond acceptors (Lipinski definition) is 3. The smallest absolute Gasteiger partial charge is 0.137 e. The zero-order valence-corrected chi connectivity index (χ0v) is 11.3. The van der Waals surface area contributed by atoms with E-state index in [-0.39, 0.29) is 12.0 Å². The van der Waals surface area contributed by atoms with Crippen molar-refractivity contribution < 1.29 is 13.5 Å². The normalized spacial score (nSPS) is 29.2. The molecule has 1 fully saturated rings. The van der Waals surface area contributed by atoms with Gasteiger partial charge in [-0.25, -0.2) is 18.4 Å². The second-order valence-corrected chi connectivity index (χ2v) is 5.22. The van der Waals surface area contributed by atoms with Gasteiger partial charge in [0.2, 0.25) is 0 Å². The predicted molar refractivity (Wildman–Crippen MR) is 67.8 cm³/mol. The van der Waals surface area contributed by atoms with Crippen molar-refractivity contribution in [2.45, 2.75) is 32.1 Å². The zero-order valence-electron chi connectivity index (χ0n) is 11.3. The van der Waals surface area contributed by atoms with Crippen LogP contribution in [0.15, 0.2) is 30.9 Å². The number of rotatable bonds is 3. The second kappa shape index (κ2) is 4.63. The molecule has 1 aromatic carbocycles. The van der Waals surface area contributed by atoms with Crippen LogP contribution in [0.5, 0.6) is 0 Å². The Balaban J connectivity index is 2.02. The molecule has 4 nitrogen and oxygen atoms in total. The lowest BCUT2D eigenvalue weighted by atomic mass is 9.73. The molecule has 0 N–H and O–H groups in total. The number of hydrogen-bond donors (Lipinski definition) is 0.